The van der Waals surface area contributed by atoms with Crippen LogP contribution in [0, 0.1) is 5.82 Å². The summed E-state index contributed by atoms with van der Waals surface area (Å²) in [5, 5.41) is 12.1. The number of para-hydroxylation sites is 2. The zero-order valence-corrected chi connectivity index (χ0v) is 19.5. The predicted octanol–water partition coefficient (Wildman–Crippen LogP) is 4.44. The summed E-state index contributed by atoms with van der Waals surface area (Å²) in [6, 6.07) is 21.3. The highest BCUT2D eigenvalue weighted by Crippen LogP contribution is 2.32. The molecule has 3 aromatic carbocycles. The number of fused-ring (bicyclic) bond motifs is 1. The van der Waals surface area contributed by atoms with Crippen molar-refractivity contribution in [2.75, 3.05) is 0 Å². The van der Waals surface area contributed by atoms with Crippen molar-refractivity contribution in [3.05, 3.63) is 113 Å². The molecular weight excluding hydrogens is 461 g/mol. The zero-order valence-electron chi connectivity index (χ0n) is 19.5. The lowest BCUT2D eigenvalue weighted by molar-refractivity contribution is -0.150. The third kappa shape index (κ3) is 5.62. The molecule has 0 saturated heterocycles. The molecule has 0 fully saturated rings. The van der Waals surface area contributed by atoms with E-state index in [0.29, 0.717) is 12.2 Å². The number of halogens is 1. The molecule has 0 saturated carbocycles. The minimum atomic E-state index is -0.672. The van der Waals surface area contributed by atoms with Crippen LogP contribution in [-0.4, -0.2) is 27.3 Å². The maximum absolute atomic E-state index is 13.5. The van der Waals surface area contributed by atoms with Gasteiger partial charge in [-0.05, 0) is 47.0 Å². The van der Waals surface area contributed by atoms with E-state index in [-0.39, 0.29) is 43.2 Å². The van der Waals surface area contributed by atoms with Crippen LogP contribution in [0.15, 0.2) is 84.6 Å². The van der Waals surface area contributed by atoms with Crippen LogP contribution in [0.5, 0.6) is 0 Å². The topological polar surface area (TPSA) is 96.5 Å². The fourth-order valence-electron chi connectivity index (χ4n) is 4.13. The molecule has 8 heteroatoms. The lowest BCUT2D eigenvalue weighted by atomic mass is 9.93. The number of benzene rings is 3. The Morgan fingerprint density at radius 1 is 1.08 bits per heavy atom. The Balaban J connectivity index is 1.29. The molecule has 0 radical (unpaired) electrons. The molecule has 1 aliphatic heterocycles. The predicted molar refractivity (Wildman–Crippen MR) is 132 cm³/mol. The molecule has 1 aromatic heterocycles. The number of hydrogen-bond donors (Lipinski definition) is 3. The maximum Gasteiger partial charge on any atom is 0.286 e. The van der Waals surface area contributed by atoms with E-state index in [4.69, 9.17) is 9.47 Å². The number of hydrogen-bond acceptors (Lipinski definition) is 5. The SMILES string of the molecule is O=C(NCc1nc2ccccc2[nH]1)C1=C[C@H](c2ccc(F)cc2)C[C@H](OCc2ccc(CO)cc2)O1. The standard InChI is InChI=1S/C28H26FN3O4/c29-22-11-9-20(10-12-22)21-13-25(28(34)30-15-26-31-23-3-1-2-4-24(23)32-26)36-27(14-21)35-17-19-7-5-18(16-33)6-8-19/h1-13,21,27,33H,14-17H2,(H,30,34)(H,31,32)/t21-,27+/m0/s1. The Kier molecular flexibility index (Phi) is 7.06. The smallest absolute Gasteiger partial charge is 0.286 e. The van der Waals surface area contributed by atoms with E-state index in [2.05, 4.69) is 15.3 Å². The van der Waals surface area contributed by atoms with E-state index in [1.54, 1.807) is 18.2 Å². The summed E-state index contributed by atoms with van der Waals surface area (Å²) >= 11 is 0. The molecule has 0 unspecified atom stereocenters. The number of allylic oxidation sites excluding steroid dienone is 1. The molecule has 1 amide bonds. The quantitative estimate of drug-likeness (QED) is 0.342. The largest absolute Gasteiger partial charge is 0.459 e. The van der Waals surface area contributed by atoms with Crippen LogP contribution in [0.25, 0.3) is 11.0 Å². The normalized spacial score (nSPS) is 17.4. The lowest BCUT2D eigenvalue weighted by Crippen LogP contribution is -2.32. The highest BCUT2D eigenvalue weighted by atomic mass is 19.1. The van der Waals surface area contributed by atoms with Crippen LogP contribution in [-0.2, 0) is 34.0 Å². The molecule has 0 spiro atoms. The number of H-pyrrole nitrogens is 1. The Hall–Kier alpha value is -4.01. The summed E-state index contributed by atoms with van der Waals surface area (Å²) in [5.41, 5.74) is 4.32. The monoisotopic (exact) mass is 487 g/mol. The number of aliphatic hydroxyl groups is 1. The van der Waals surface area contributed by atoms with Crippen molar-refractivity contribution in [1.29, 1.82) is 0 Å². The molecule has 184 valence electrons. The van der Waals surface area contributed by atoms with Gasteiger partial charge in [0.05, 0.1) is 30.8 Å². The van der Waals surface area contributed by atoms with Crippen LogP contribution in [0.4, 0.5) is 4.39 Å². The van der Waals surface area contributed by atoms with Gasteiger partial charge in [-0.1, -0.05) is 48.5 Å². The van der Waals surface area contributed by atoms with Crippen molar-refractivity contribution in [2.45, 2.75) is 38.4 Å². The first-order chi connectivity index (χ1) is 17.6. The van der Waals surface area contributed by atoms with E-state index >= 15 is 0 Å². The Bertz CT molecular complexity index is 1330. The molecule has 7 nitrogen and oxygen atoms in total. The van der Waals surface area contributed by atoms with Crippen molar-refractivity contribution in [1.82, 2.24) is 15.3 Å². The van der Waals surface area contributed by atoms with Gasteiger partial charge in [0.25, 0.3) is 5.91 Å². The second-order valence-corrected chi connectivity index (χ2v) is 8.64. The van der Waals surface area contributed by atoms with Gasteiger partial charge in [0, 0.05) is 12.3 Å². The van der Waals surface area contributed by atoms with Gasteiger partial charge in [-0.15, -0.1) is 0 Å². The molecule has 2 atom stereocenters. The summed E-state index contributed by atoms with van der Waals surface area (Å²) in [6.45, 7) is 0.460. The van der Waals surface area contributed by atoms with E-state index in [1.807, 2.05) is 48.5 Å². The number of nitrogens with one attached hydrogen (secondary N) is 2. The van der Waals surface area contributed by atoms with Crippen molar-refractivity contribution in [3.63, 3.8) is 0 Å². The first kappa shape index (κ1) is 23.7. The van der Waals surface area contributed by atoms with Gasteiger partial charge >= 0.3 is 0 Å². The van der Waals surface area contributed by atoms with Crippen molar-refractivity contribution >= 4 is 16.9 Å². The number of rotatable bonds is 8. The third-order valence-corrected chi connectivity index (χ3v) is 6.08. The summed E-state index contributed by atoms with van der Waals surface area (Å²) in [7, 11) is 0. The van der Waals surface area contributed by atoms with Crippen LogP contribution < -0.4 is 5.32 Å². The molecular formula is C28H26FN3O4. The minimum absolute atomic E-state index is 0.0243. The Morgan fingerprint density at radius 2 is 1.83 bits per heavy atom. The number of nitrogens with zero attached hydrogens (tertiary/aromatic N) is 1. The van der Waals surface area contributed by atoms with Gasteiger partial charge in [0.1, 0.15) is 11.6 Å². The molecule has 2 heterocycles. The third-order valence-electron chi connectivity index (χ3n) is 6.08. The number of ether oxygens (including phenoxy) is 2. The molecule has 0 aliphatic carbocycles. The molecule has 5 rings (SSSR count). The van der Waals surface area contributed by atoms with Crippen molar-refractivity contribution in [2.24, 2.45) is 0 Å². The highest BCUT2D eigenvalue weighted by molar-refractivity contribution is 5.91. The number of carbonyl (C=O) groups is 1. The highest BCUT2D eigenvalue weighted by Gasteiger charge is 2.29. The maximum atomic E-state index is 13.5. The second kappa shape index (κ2) is 10.7. The second-order valence-electron chi connectivity index (χ2n) is 8.64. The van der Waals surface area contributed by atoms with E-state index in [9.17, 15) is 14.3 Å². The molecule has 36 heavy (non-hydrogen) atoms. The first-order valence-electron chi connectivity index (χ1n) is 11.7. The first-order valence-corrected chi connectivity index (χ1v) is 11.7. The van der Waals surface area contributed by atoms with Crippen LogP contribution in [0.2, 0.25) is 0 Å². The number of carbonyl (C=O) groups excluding carboxylic acids is 1. The average molecular weight is 488 g/mol. The van der Waals surface area contributed by atoms with Crippen molar-refractivity contribution < 1.29 is 23.8 Å². The van der Waals surface area contributed by atoms with Gasteiger partial charge in [0.2, 0.25) is 6.29 Å². The number of amides is 1. The van der Waals surface area contributed by atoms with Gasteiger partial charge in [-0.25, -0.2) is 9.37 Å². The van der Waals surface area contributed by atoms with Gasteiger partial charge < -0.3 is 24.9 Å². The zero-order chi connectivity index (χ0) is 24.9. The summed E-state index contributed by atoms with van der Waals surface area (Å²) in [5.74, 6) is -0.114. The van der Waals surface area contributed by atoms with E-state index in [1.165, 1.54) is 12.1 Å². The van der Waals surface area contributed by atoms with Gasteiger partial charge in [0.15, 0.2) is 5.76 Å². The van der Waals surface area contributed by atoms with Gasteiger partial charge in [-0.2, -0.15) is 0 Å². The summed E-state index contributed by atoms with van der Waals surface area (Å²) < 4.78 is 25.4. The Morgan fingerprint density at radius 3 is 2.58 bits per heavy atom. The summed E-state index contributed by atoms with van der Waals surface area (Å²) in [4.78, 5) is 20.7. The molecule has 0 bridgehead atoms. The van der Waals surface area contributed by atoms with Crippen LogP contribution >= 0.6 is 0 Å². The molecule has 3 N–H and O–H groups in total. The summed E-state index contributed by atoms with van der Waals surface area (Å²) in [6.07, 6.45) is 1.55. The molecule has 1 aliphatic rings. The average Bonchev–Trinajstić information content (AvgIpc) is 3.34. The fraction of sp³-hybridized carbons (Fsp3) is 0.214. The number of imidazole rings is 1. The fourth-order valence-corrected chi connectivity index (χ4v) is 4.13. The Labute approximate surface area is 207 Å². The lowest BCUT2D eigenvalue weighted by Gasteiger charge is -2.29. The van der Waals surface area contributed by atoms with E-state index < -0.39 is 6.29 Å². The number of aliphatic hydroxyl groups excluding tert-OH is 1. The molecule has 4 aromatic rings. The van der Waals surface area contributed by atoms with E-state index in [0.717, 1.165) is 27.7 Å². The van der Waals surface area contributed by atoms with Gasteiger partial charge in [-0.3, -0.25) is 4.79 Å². The minimum Gasteiger partial charge on any atom is -0.459 e. The van der Waals surface area contributed by atoms with Crippen molar-refractivity contribution in [3.8, 4) is 0 Å². The number of aromatic nitrogens is 2. The number of aromatic amines is 1. The van der Waals surface area contributed by atoms with Crippen LogP contribution in [0.3, 0.4) is 0 Å². The van der Waals surface area contributed by atoms with Crippen LogP contribution in [0.1, 0.15) is 34.9 Å².